The molecule has 0 unspecified atom stereocenters. The van der Waals surface area contributed by atoms with Crippen molar-refractivity contribution in [1.82, 2.24) is 14.7 Å². The molecule has 9 heteroatoms. The molecule has 1 N–H and O–H groups in total. The van der Waals surface area contributed by atoms with Crippen LogP contribution in [0.3, 0.4) is 0 Å². The van der Waals surface area contributed by atoms with Gasteiger partial charge in [-0.15, -0.1) is 0 Å². The standard InChI is InChI=1S/C15H12BrN5O3/c1-10-9-11(7-8-13(10)16)17-14-15(21(23)24)18-19(20(14)22)12-5-3-2-4-6-12/h2-9,22H,1H3. The minimum Gasteiger partial charge on any atom is -0.409 e. The number of rotatable bonds is 3. The van der Waals surface area contributed by atoms with E-state index in [0.717, 1.165) is 14.8 Å². The third kappa shape index (κ3) is 2.93. The van der Waals surface area contributed by atoms with Gasteiger partial charge in [0, 0.05) is 4.47 Å². The van der Waals surface area contributed by atoms with Gasteiger partial charge in [0.05, 0.1) is 10.8 Å². The molecule has 0 fully saturated rings. The number of hydrogen-bond donors (Lipinski definition) is 1. The van der Waals surface area contributed by atoms with Crippen LogP contribution in [0.1, 0.15) is 5.56 Å². The van der Waals surface area contributed by atoms with Crippen molar-refractivity contribution in [3.05, 3.63) is 74.2 Å². The average Bonchev–Trinajstić information content (AvgIpc) is 2.89. The van der Waals surface area contributed by atoms with Crippen LogP contribution in [0.15, 0.2) is 58.0 Å². The summed E-state index contributed by atoms with van der Waals surface area (Å²) in [5, 5.41) is 25.4. The van der Waals surface area contributed by atoms with Gasteiger partial charge in [-0.1, -0.05) is 39.0 Å². The molecule has 122 valence electrons. The fraction of sp³-hybridized carbons (Fsp3) is 0.0667. The lowest BCUT2D eigenvalue weighted by Gasteiger charge is -2.00. The Labute approximate surface area is 144 Å². The van der Waals surface area contributed by atoms with Gasteiger partial charge in [0.25, 0.3) is 5.49 Å². The van der Waals surface area contributed by atoms with E-state index in [-0.39, 0.29) is 5.49 Å². The van der Waals surface area contributed by atoms with E-state index in [2.05, 4.69) is 26.0 Å². The van der Waals surface area contributed by atoms with Crippen molar-refractivity contribution >= 4 is 27.4 Å². The molecule has 0 amide bonds. The van der Waals surface area contributed by atoms with E-state index in [0.29, 0.717) is 16.2 Å². The monoisotopic (exact) mass is 389 g/mol. The number of hydrogen-bond acceptors (Lipinski definition) is 5. The molecular weight excluding hydrogens is 378 g/mol. The lowest BCUT2D eigenvalue weighted by molar-refractivity contribution is -0.391. The second-order valence-electron chi connectivity index (χ2n) is 4.96. The molecule has 1 aromatic heterocycles. The molecule has 0 aliphatic carbocycles. The maximum atomic E-state index is 11.3. The molecule has 3 aromatic rings. The van der Waals surface area contributed by atoms with Crippen molar-refractivity contribution < 1.29 is 10.1 Å². The van der Waals surface area contributed by atoms with Crippen molar-refractivity contribution in [3.8, 4) is 5.69 Å². The van der Waals surface area contributed by atoms with Gasteiger partial charge in [-0.05, 0) is 52.5 Å². The largest absolute Gasteiger partial charge is 0.438 e. The smallest absolute Gasteiger partial charge is 0.409 e. The number of aryl methyl sites for hydroxylation is 1. The van der Waals surface area contributed by atoms with Crippen LogP contribution in [-0.4, -0.2) is 24.9 Å². The van der Waals surface area contributed by atoms with Crippen molar-refractivity contribution in [2.24, 2.45) is 4.99 Å². The van der Waals surface area contributed by atoms with Crippen LogP contribution < -0.4 is 5.49 Å². The molecule has 0 saturated heterocycles. The molecule has 0 radical (unpaired) electrons. The lowest BCUT2D eigenvalue weighted by atomic mass is 10.2. The van der Waals surface area contributed by atoms with E-state index in [4.69, 9.17) is 0 Å². The molecule has 0 aliphatic heterocycles. The zero-order valence-electron chi connectivity index (χ0n) is 12.5. The predicted octanol–water partition coefficient (Wildman–Crippen LogP) is 3.12. The van der Waals surface area contributed by atoms with Crippen LogP contribution >= 0.6 is 15.9 Å². The summed E-state index contributed by atoms with van der Waals surface area (Å²) in [6, 6.07) is 13.8. The SMILES string of the molecule is Cc1cc(N=c2c([N+](=O)[O-])nn(-c3ccccc3)n2O)ccc1Br. The van der Waals surface area contributed by atoms with Crippen LogP contribution in [0.4, 0.5) is 11.5 Å². The number of benzene rings is 2. The number of nitrogens with zero attached hydrogens (tertiary/aromatic N) is 5. The van der Waals surface area contributed by atoms with Gasteiger partial charge >= 0.3 is 5.82 Å². The maximum absolute atomic E-state index is 11.3. The third-order valence-electron chi connectivity index (χ3n) is 3.29. The highest BCUT2D eigenvalue weighted by molar-refractivity contribution is 9.10. The quantitative estimate of drug-likeness (QED) is 0.422. The molecule has 3 rings (SSSR count). The molecule has 24 heavy (non-hydrogen) atoms. The summed E-state index contributed by atoms with van der Waals surface area (Å²) < 4.78 is 0.896. The molecule has 0 atom stereocenters. The Hall–Kier alpha value is -2.94. The van der Waals surface area contributed by atoms with Crippen molar-refractivity contribution in [1.29, 1.82) is 0 Å². The predicted molar refractivity (Wildman–Crippen MR) is 89.5 cm³/mol. The van der Waals surface area contributed by atoms with Crippen LogP contribution in [0.2, 0.25) is 0 Å². The first kappa shape index (κ1) is 15.9. The summed E-state index contributed by atoms with van der Waals surface area (Å²) in [6.45, 7) is 1.87. The second kappa shape index (κ2) is 6.28. The van der Waals surface area contributed by atoms with E-state index in [1.807, 2.05) is 6.92 Å². The Kier molecular flexibility index (Phi) is 4.17. The second-order valence-corrected chi connectivity index (χ2v) is 5.82. The number of para-hydroxylation sites is 1. The van der Waals surface area contributed by atoms with Crippen LogP contribution in [0.25, 0.3) is 5.69 Å². The van der Waals surface area contributed by atoms with E-state index < -0.39 is 10.7 Å². The maximum Gasteiger partial charge on any atom is 0.438 e. The molecule has 0 aliphatic rings. The molecular formula is C15H12BrN5O3. The first-order valence-corrected chi connectivity index (χ1v) is 7.69. The van der Waals surface area contributed by atoms with Gasteiger partial charge in [-0.25, -0.2) is 4.99 Å². The molecule has 2 aromatic carbocycles. The summed E-state index contributed by atoms with van der Waals surface area (Å²) in [7, 11) is 0. The summed E-state index contributed by atoms with van der Waals surface area (Å²) in [5.74, 6) is -0.540. The minimum atomic E-state index is -0.684. The van der Waals surface area contributed by atoms with Gasteiger partial charge in [-0.3, -0.25) is 0 Å². The highest BCUT2D eigenvalue weighted by atomic mass is 79.9. The van der Waals surface area contributed by atoms with Crippen LogP contribution in [0, 0.1) is 17.0 Å². The van der Waals surface area contributed by atoms with E-state index in [1.54, 1.807) is 48.5 Å². The zero-order chi connectivity index (χ0) is 17.3. The van der Waals surface area contributed by atoms with Gasteiger partial charge in [0.15, 0.2) is 0 Å². The van der Waals surface area contributed by atoms with E-state index in [9.17, 15) is 15.3 Å². The Bertz CT molecular complexity index is 979. The first-order valence-electron chi connectivity index (χ1n) is 6.89. The van der Waals surface area contributed by atoms with Gasteiger partial charge in [-0.2, -0.15) is 0 Å². The Balaban J connectivity index is 2.23. The Morgan fingerprint density at radius 3 is 2.58 bits per heavy atom. The highest BCUT2D eigenvalue weighted by Gasteiger charge is 2.24. The lowest BCUT2D eigenvalue weighted by Crippen LogP contribution is -2.21. The van der Waals surface area contributed by atoms with Gasteiger partial charge < -0.3 is 15.3 Å². The van der Waals surface area contributed by atoms with Crippen molar-refractivity contribution in [2.45, 2.75) is 6.92 Å². The van der Waals surface area contributed by atoms with Crippen molar-refractivity contribution in [2.75, 3.05) is 0 Å². The van der Waals surface area contributed by atoms with Crippen molar-refractivity contribution in [3.63, 3.8) is 0 Å². The zero-order valence-corrected chi connectivity index (χ0v) is 14.1. The summed E-state index contributed by atoms with van der Waals surface area (Å²) in [4.78, 5) is 16.3. The molecule has 0 bridgehead atoms. The summed E-state index contributed by atoms with van der Waals surface area (Å²) >= 11 is 3.38. The number of aromatic nitrogens is 3. The summed E-state index contributed by atoms with van der Waals surface area (Å²) in [6.07, 6.45) is 0. The first-order chi connectivity index (χ1) is 11.5. The van der Waals surface area contributed by atoms with Crippen LogP contribution in [0.5, 0.6) is 0 Å². The molecule has 0 spiro atoms. The Morgan fingerprint density at radius 1 is 1.25 bits per heavy atom. The molecule has 1 heterocycles. The fourth-order valence-corrected chi connectivity index (χ4v) is 2.36. The van der Waals surface area contributed by atoms with E-state index in [1.165, 1.54) is 0 Å². The average molecular weight is 390 g/mol. The summed E-state index contributed by atoms with van der Waals surface area (Å²) in [5.41, 5.74) is 1.59. The molecule has 8 nitrogen and oxygen atoms in total. The minimum absolute atomic E-state index is 0.259. The topological polar surface area (TPSA) is 98.5 Å². The fourth-order valence-electron chi connectivity index (χ4n) is 2.12. The Morgan fingerprint density at radius 2 is 1.96 bits per heavy atom. The van der Waals surface area contributed by atoms with Crippen LogP contribution in [-0.2, 0) is 0 Å². The van der Waals surface area contributed by atoms with E-state index >= 15 is 0 Å². The van der Waals surface area contributed by atoms with Gasteiger partial charge in [0.1, 0.15) is 5.69 Å². The highest BCUT2D eigenvalue weighted by Crippen LogP contribution is 2.21. The number of nitro groups is 1. The normalized spacial score (nSPS) is 11.7. The third-order valence-corrected chi connectivity index (χ3v) is 4.18. The number of halogens is 1. The molecule has 0 saturated carbocycles. The van der Waals surface area contributed by atoms with Gasteiger partial charge in [0.2, 0.25) is 0 Å².